The summed E-state index contributed by atoms with van der Waals surface area (Å²) in [6.45, 7) is 9.33. The molecule has 4 N–H and O–H groups in total. The van der Waals surface area contributed by atoms with Crippen LogP contribution in [0.1, 0.15) is 67.3 Å². The molecule has 2 atom stereocenters. The van der Waals surface area contributed by atoms with Gasteiger partial charge in [-0.2, -0.15) is 0 Å². The third-order valence-electron chi connectivity index (χ3n) is 5.42. The number of benzene rings is 2. The first-order chi connectivity index (χ1) is 15.8. The minimum absolute atomic E-state index is 0.00451. The average molecular weight is 489 g/mol. The second-order valence-electron chi connectivity index (χ2n) is 9.32. The van der Waals surface area contributed by atoms with Crippen LogP contribution in [0.2, 0.25) is 5.02 Å². The molecule has 1 amide bonds. The Hall–Kier alpha value is -2.90. The van der Waals surface area contributed by atoms with Crippen molar-refractivity contribution in [2.75, 3.05) is 0 Å². The lowest BCUT2D eigenvalue weighted by molar-refractivity contribution is -0.163. The predicted octanol–water partition coefficient (Wildman–Crippen LogP) is 4.33. The maximum atomic E-state index is 12.3. The van der Waals surface area contributed by atoms with Gasteiger partial charge in [0.15, 0.2) is 5.78 Å². The molecule has 0 aliphatic carbocycles. The molecule has 0 spiro atoms. The summed E-state index contributed by atoms with van der Waals surface area (Å²) < 4.78 is 11.7. The van der Waals surface area contributed by atoms with E-state index < -0.39 is 29.6 Å². The van der Waals surface area contributed by atoms with Gasteiger partial charge in [0.05, 0.1) is 0 Å². The number of primary amides is 1. The summed E-state index contributed by atoms with van der Waals surface area (Å²) in [5.41, 5.74) is 12.2. The van der Waals surface area contributed by atoms with Crippen molar-refractivity contribution >= 4 is 29.3 Å². The third-order valence-corrected chi connectivity index (χ3v) is 5.65. The number of halogens is 1. The van der Waals surface area contributed by atoms with Gasteiger partial charge in [-0.05, 0) is 75.1 Å². The fourth-order valence-electron chi connectivity index (χ4n) is 3.51. The van der Waals surface area contributed by atoms with Crippen LogP contribution in [0.25, 0.3) is 0 Å². The average Bonchev–Trinajstić information content (AvgIpc) is 2.73. The summed E-state index contributed by atoms with van der Waals surface area (Å²) in [6, 6.07) is 11.3. The van der Waals surface area contributed by atoms with Crippen molar-refractivity contribution in [1.82, 2.24) is 0 Å². The Kier molecular flexibility index (Phi) is 9.24. The maximum absolute atomic E-state index is 12.3. The van der Waals surface area contributed by atoms with Gasteiger partial charge in [0, 0.05) is 22.6 Å². The van der Waals surface area contributed by atoms with E-state index in [2.05, 4.69) is 0 Å². The molecular weight excluding hydrogens is 456 g/mol. The van der Waals surface area contributed by atoms with Gasteiger partial charge in [-0.1, -0.05) is 31.5 Å². The Morgan fingerprint density at radius 1 is 1.15 bits per heavy atom. The molecule has 1 aliphatic rings. The molecule has 1 unspecified atom stereocenters. The van der Waals surface area contributed by atoms with E-state index >= 15 is 0 Å². The molecule has 34 heavy (non-hydrogen) atoms. The number of carbonyl (C=O) groups excluding carboxylic acids is 3. The van der Waals surface area contributed by atoms with E-state index in [4.69, 9.17) is 32.5 Å². The predicted molar refractivity (Wildman–Crippen MR) is 132 cm³/mol. The number of amides is 1. The number of hydrogen-bond donors (Lipinski definition) is 2. The van der Waals surface area contributed by atoms with Gasteiger partial charge in [-0.25, -0.2) is 0 Å². The Bertz CT molecular complexity index is 1050. The van der Waals surface area contributed by atoms with Gasteiger partial charge in [-0.15, -0.1) is 0 Å². The molecule has 7 nitrogen and oxygen atoms in total. The number of fused-ring (bicyclic) bond motifs is 1. The first-order valence-corrected chi connectivity index (χ1v) is 11.5. The summed E-state index contributed by atoms with van der Waals surface area (Å²) >= 11 is 5.58. The minimum atomic E-state index is -0.655. The second kappa shape index (κ2) is 11.5. The van der Waals surface area contributed by atoms with E-state index in [9.17, 15) is 14.4 Å². The van der Waals surface area contributed by atoms with Crippen LogP contribution in [0.3, 0.4) is 0 Å². The molecule has 0 saturated carbocycles. The van der Waals surface area contributed by atoms with Gasteiger partial charge >= 0.3 is 5.97 Å². The maximum Gasteiger partial charge on any atom is 0.323 e. The molecule has 1 aliphatic heterocycles. The standard InChI is InChI=1S/C19H27NO4.C7H6ClNO/c1-11(2)8-15(20)18(22)23-17-10-14-9-13(12(3)21)6-7-16(14)24-19(17,4)5;8-6-3-1-2-5(4-6)7(9)10/h6-7,9,11,15,17H,8,10,20H2,1-5H3;1-4H,(H2,9,10)/t15?,17-;/m1./s1. The summed E-state index contributed by atoms with van der Waals surface area (Å²) in [6.07, 6.45) is 0.638. The zero-order valence-corrected chi connectivity index (χ0v) is 21.0. The molecule has 2 aromatic carbocycles. The number of nitrogens with two attached hydrogens (primary N) is 2. The Labute approximate surface area is 205 Å². The van der Waals surface area contributed by atoms with E-state index in [1.165, 1.54) is 13.0 Å². The van der Waals surface area contributed by atoms with Crippen molar-refractivity contribution in [3.05, 3.63) is 64.2 Å². The van der Waals surface area contributed by atoms with Crippen LogP contribution in [0, 0.1) is 5.92 Å². The van der Waals surface area contributed by atoms with E-state index in [-0.39, 0.29) is 5.78 Å². The lowest BCUT2D eigenvalue weighted by Crippen LogP contribution is -2.50. The van der Waals surface area contributed by atoms with Crippen LogP contribution in [0.4, 0.5) is 0 Å². The van der Waals surface area contributed by atoms with Crippen LogP contribution >= 0.6 is 11.6 Å². The summed E-state index contributed by atoms with van der Waals surface area (Å²) in [4.78, 5) is 34.3. The highest BCUT2D eigenvalue weighted by molar-refractivity contribution is 6.30. The summed E-state index contributed by atoms with van der Waals surface area (Å²) in [7, 11) is 0. The first kappa shape index (κ1) is 27.3. The molecule has 0 aromatic heterocycles. The Balaban J connectivity index is 0.000000340. The Morgan fingerprint density at radius 2 is 1.82 bits per heavy atom. The summed E-state index contributed by atoms with van der Waals surface area (Å²) in [5.74, 6) is 0.181. The molecule has 0 saturated heterocycles. The van der Waals surface area contributed by atoms with E-state index in [0.29, 0.717) is 34.9 Å². The number of carbonyl (C=O) groups is 3. The van der Waals surface area contributed by atoms with Gasteiger partial charge < -0.3 is 20.9 Å². The lowest BCUT2D eigenvalue weighted by Gasteiger charge is -2.39. The molecule has 3 rings (SSSR count). The van der Waals surface area contributed by atoms with E-state index in [0.717, 1.165) is 11.3 Å². The molecule has 0 bridgehead atoms. The molecule has 0 radical (unpaired) electrons. The molecule has 184 valence electrons. The smallest absolute Gasteiger partial charge is 0.323 e. The molecule has 0 fully saturated rings. The summed E-state index contributed by atoms with van der Waals surface area (Å²) in [5, 5.41) is 0.524. The number of rotatable bonds is 6. The van der Waals surface area contributed by atoms with Gasteiger partial charge in [-0.3, -0.25) is 14.4 Å². The van der Waals surface area contributed by atoms with Crippen molar-refractivity contribution in [2.24, 2.45) is 17.4 Å². The first-order valence-electron chi connectivity index (χ1n) is 11.1. The highest BCUT2D eigenvalue weighted by atomic mass is 35.5. The van der Waals surface area contributed by atoms with Crippen molar-refractivity contribution in [2.45, 2.75) is 65.2 Å². The van der Waals surface area contributed by atoms with Crippen molar-refractivity contribution < 1.29 is 23.9 Å². The van der Waals surface area contributed by atoms with Crippen molar-refractivity contribution in [3.8, 4) is 5.75 Å². The van der Waals surface area contributed by atoms with Crippen LogP contribution in [0.15, 0.2) is 42.5 Å². The largest absolute Gasteiger partial charge is 0.484 e. The Morgan fingerprint density at radius 3 is 2.35 bits per heavy atom. The van der Waals surface area contributed by atoms with Crippen LogP contribution < -0.4 is 16.2 Å². The normalized spacial score (nSPS) is 16.9. The zero-order valence-electron chi connectivity index (χ0n) is 20.3. The monoisotopic (exact) mass is 488 g/mol. The van der Waals surface area contributed by atoms with Crippen LogP contribution in [0.5, 0.6) is 5.75 Å². The van der Waals surface area contributed by atoms with Gasteiger partial charge in [0.1, 0.15) is 23.5 Å². The van der Waals surface area contributed by atoms with Crippen LogP contribution in [-0.2, 0) is 16.0 Å². The number of Topliss-reactive ketones (excluding diaryl/α,β-unsaturated/α-hetero) is 1. The lowest BCUT2D eigenvalue weighted by atomic mass is 9.89. The fourth-order valence-corrected chi connectivity index (χ4v) is 3.70. The SMILES string of the molecule is CC(=O)c1ccc2c(c1)C[C@@H](OC(=O)C(N)CC(C)C)C(C)(C)O2.NC(=O)c1cccc(Cl)c1. The topological polar surface area (TPSA) is 122 Å². The minimum Gasteiger partial charge on any atom is -0.484 e. The molecule has 2 aromatic rings. The molecule has 1 heterocycles. The molecular formula is C26H33ClN2O5. The van der Waals surface area contributed by atoms with Crippen LogP contribution in [-0.4, -0.2) is 35.4 Å². The second-order valence-corrected chi connectivity index (χ2v) is 9.76. The zero-order chi connectivity index (χ0) is 25.6. The number of esters is 1. The highest BCUT2D eigenvalue weighted by Crippen LogP contribution is 2.35. The number of hydrogen-bond acceptors (Lipinski definition) is 6. The van der Waals surface area contributed by atoms with Crippen molar-refractivity contribution in [1.29, 1.82) is 0 Å². The third kappa shape index (κ3) is 7.57. The number of ketones is 1. The van der Waals surface area contributed by atoms with E-state index in [1.54, 1.807) is 30.3 Å². The highest BCUT2D eigenvalue weighted by Gasteiger charge is 2.40. The quantitative estimate of drug-likeness (QED) is 0.461. The fraction of sp³-hybridized carbons (Fsp3) is 0.423. The van der Waals surface area contributed by atoms with Crippen molar-refractivity contribution in [3.63, 3.8) is 0 Å². The van der Waals surface area contributed by atoms with Gasteiger partial charge in [0.2, 0.25) is 5.91 Å². The molecule has 8 heteroatoms. The van der Waals surface area contributed by atoms with Gasteiger partial charge in [0.25, 0.3) is 0 Å². The number of ether oxygens (including phenoxy) is 2. The van der Waals surface area contributed by atoms with E-state index in [1.807, 2.05) is 33.8 Å².